The first-order valence-electron chi connectivity index (χ1n) is 6.23. The minimum Gasteiger partial charge on any atom is -0.444 e. The molecular weight excluding hydrogens is 206 g/mol. The van der Waals surface area contributed by atoms with Crippen LogP contribution in [0.5, 0.6) is 0 Å². The molecule has 2 aliphatic heterocycles. The van der Waals surface area contributed by atoms with Crippen molar-refractivity contribution >= 4 is 6.09 Å². The largest absolute Gasteiger partial charge is 0.444 e. The van der Waals surface area contributed by atoms with E-state index in [2.05, 4.69) is 13.8 Å². The number of carbonyl (C=O) groups is 1. The second-order valence-electron chi connectivity index (χ2n) is 5.02. The summed E-state index contributed by atoms with van der Waals surface area (Å²) >= 11 is 0. The summed E-state index contributed by atoms with van der Waals surface area (Å²) in [6.45, 7) is 6.44. The standard InChI is InChI=1S/C12H21NO3/c1-9(2)11-4-3-6-13(11)12(14)16-10-5-7-15-8-10/h9-11H,3-8H2,1-2H3. The molecular formula is C12H21NO3. The maximum atomic E-state index is 12.0. The van der Waals surface area contributed by atoms with Crippen LogP contribution >= 0.6 is 0 Å². The Bertz CT molecular complexity index is 249. The van der Waals surface area contributed by atoms with Gasteiger partial charge in [0.1, 0.15) is 6.10 Å². The number of hydrogen-bond acceptors (Lipinski definition) is 3. The lowest BCUT2D eigenvalue weighted by molar-refractivity contribution is 0.0475. The molecule has 0 aromatic carbocycles. The van der Waals surface area contributed by atoms with Gasteiger partial charge < -0.3 is 14.4 Å². The average molecular weight is 227 g/mol. The summed E-state index contributed by atoms with van der Waals surface area (Å²) in [7, 11) is 0. The van der Waals surface area contributed by atoms with Gasteiger partial charge in [0.05, 0.1) is 13.2 Å². The third-order valence-corrected chi connectivity index (χ3v) is 3.46. The summed E-state index contributed by atoms with van der Waals surface area (Å²) in [5, 5.41) is 0. The Labute approximate surface area is 96.9 Å². The topological polar surface area (TPSA) is 38.8 Å². The third-order valence-electron chi connectivity index (χ3n) is 3.46. The van der Waals surface area contributed by atoms with Crippen LogP contribution in [0, 0.1) is 5.92 Å². The molecule has 4 heteroatoms. The molecule has 16 heavy (non-hydrogen) atoms. The lowest BCUT2D eigenvalue weighted by Crippen LogP contribution is -2.40. The van der Waals surface area contributed by atoms with Gasteiger partial charge in [0.2, 0.25) is 0 Å². The summed E-state index contributed by atoms with van der Waals surface area (Å²) < 4.78 is 10.6. The number of carbonyl (C=O) groups excluding carboxylic acids is 1. The number of likely N-dealkylation sites (tertiary alicyclic amines) is 1. The maximum Gasteiger partial charge on any atom is 0.410 e. The fraction of sp³-hybridized carbons (Fsp3) is 0.917. The van der Waals surface area contributed by atoms with Crippen molar-refractivity contribution in [3.8, 4) is 0 Å². The first kappa shape index (κ1) is 11.7. The highest BCUT2D eigenvalue weighted by Gasteiger charge is 2.33. The molecule has 0 radical (unpaired) electrons. The molecule has 2 atom stereocenters. The molecule has 2 fully saturated rings. The van der Waals surface area contributed by atoms with Gasteiger partial charge in [0.25, 0.3) is 0 Å². The molecule has 92 valence electrons. The Hall–Kier alpha value is -0.770. The highest BCUT2D eigenvalue weighted by Crippen LogP contribution is 2.25. The summed E-state index contributed by atoms with van der Waals surface area (Å²) in [5.74, 6) is 0.509. The summed E-state index contributed by atoms with van der Waals surface area (Å²) in [6.07, 6.45) is 2.87. The van der Waals surface area contributed by atoms with Crippen molar-refractivity contribution in [1.82, 2.24) is 4.90 Å². The predicted molar refractivity (Wildman–Crippen MR) is 60.3 cm³/mol. The van der Waals surface area contributed by atoms with Crippen molar-refractivity contribution in [2.75, 3.05) is 19.8 Å². The van der Waals surface area contributed by atoms with E-state index in [0.717, 1.165) is 25.8 Å². The van der Waals surface area contributed by atoms with E-state index in [1.807, 2.05) is 4.90 Å². The highest BCUT2D eigenvalue weighted by atomic mass is 16.6. The first-order chi connectivity index (χ1) is 7.68. The Balaban J connectivity index is 1.87. The summed E-state index contributed by atoms with van der Waals surface area (Å²) in [4.78, 5) is 13.9. The minimum absolute atomic E-state index is 0.0269. The fourth-order valence-corrected chi connectivity index (χ4v) is 2.53. The van der Waals surface area contributed by atoms with Gasteiger partial charge in [-0.15, -0.1) is 0 Å². The Morgan fingerprint density at radius 2 is 2.25 bits per heavy atom. The van der Waals surface area contributed by atoms with Gasteiger partial charge in [0.15, 0.2) is 0 Å². The summed E-state index contributed by atoms with van der Waals surface area (Å²) in [6, 6.07) is 0.356. The molecule has 2 saturated heterocycles. The molecule has 2 unspecified atom stereocenters. The summed E-state index contributed by atoms with van der Waals surface area (Å²) in [5.41, 5.74) is 0. The molecule has 0 aromatic heterocycles. The second-order valence-corrected chi connectivity index (χ2v) is 5.02. The molecule has 4 nitrogen and oxygen atoms in total. The molecule has 0 aromatic rings. The van der Waals surface area contributed by atoms with Crippen molar-refractivity contribution in [2.45, 2.75) is 45.3 Å². The number of amides is 1. The van der Waals surface area contributed by atoms with Crippen molar-refractivity contribution in [3.05, 3.63) is 0 Å². The molecule has 0 N–H and O–H groups in total. The van der Waals surface area contributed by atoms with E-state index in [1.54, 1.807) is 0 Å². The van der Waals surface area contributed by atoms with E-state index in [0.29, 0.717) is 25.2 Å². The number of rotatable bonds is 2. The minimum atomic E-state index is -0.147. The predicted octanol–water partition coefficient (Wildman–Crippen LogP) is 2.03. The molecule has 0 spiro atoms. The van der Waals surface area contributed by atoms with Crippen LogP contribution in [0.4, 0.5) is 4.79 Å². The van der Waals surface area contributed by atoms with E-state index >= 15 is 0 Å². The van der Waals surface area contributed by atoms with E-state index in [-0.39, 0.29) is 12.2 Å². The number of nitrogens with zero attached hydrogens (tertiary/aromatic N) is 1. The van der Waals surface area contributed by atoms with Crippen molar-refractivity contribution in [2.24, 2.45) is 5.92 Å². The van der Waals surface area contributed by atoms with Gasteiger partial charge in [-0.3, -0.25) is 0 Å². The lowest BCUT2D eigenvalue weighted by atomic mass is 10.0. The molecule has 2 rings (SSSR count). The van der Waals surface area contributed by atoms with Crippen molar-refractivity contribution in [1.29, 1.82) is 0 Å². The molecule has 0 saturated carbocycles. The maximum absolute atomic E-state index is 12.0. The molecule has 1 amide bonds. The zero-order chi connectivity index (χ0) is 11.5. The lowest BCUT2D eigenvalue weighted by Gasteiger charge is -2.27. The van der Waals surface area contributed by atoms with Crippen LogP contribution in [0.1, 0.15) is 33.1 Å². The molecule has 2 aliphatic rings. The molecule has 2 heterocycles. The zero-order valence-electron chi connectivity index (χ0n) is 10.1. The van der Waals surface area contributed by atoms with Crippen LogP contribution in [0.2, 0.25) is 0 Å². The highest BCUT2D eigenvalue weighted by molar-refractivity contribution is 5.68. The average Bonchev–Trinajstić information content (AvgIpc) is 2.86. The second kappa shape index (κ2) is 5.04. The quantitative estimate of drug-likeness (QED) is 0.724. The van der Waals surface area contributed by atoms with Crippen LogP contribution in [0.25, 0.3) is 0 Å². The third kappa shape index (κ3) is 2.48. The SMILES string of the molecule is CC(C)C1CCCN1C(=O)OC1CCOC1. The van der Waals surface area contributed by atoms with E-state index in [4.69, 9.17) is 9.47 Å². The van der Waals surface area contributed by atoms with Gasteiger partial charge in [-0.05, 0) is 18.8 Å². The van der Waals surface area contributed by atoms with E-state index in [9.17, 15) is 4.79 Å². The first-order valence-corrected chi connectivity index (χ1v) is 6.23. The van der Waals surface area contributed by atoms with Crippen LogP contribution in [-0.2, 0) is 9.47 Å². The monoisotopic (exact) mass is 227 g/mol. The van der Waals surface area contributed by atoms with E-state index < -0.39 is 0 Å². The Kier molecular flexibility index (Phi) is 3.69. The van der Waals surface area contributed by atoms with Crippen LogP contribution in [-0.4, -0.2) is 42.9 Å². The van der Waals surface area contributed by atoms with Gasteiger partial charge in [0, 0.05) is 19.0 Å². The van der Waals surface area contributed by atoms with Gasteiger partial charge in [-0.2, -0.15) is 0 Å². The normalized spacial score (nSPS) is 30.1. The molecule has 0 bridgehead atoms. The van der Waals surface area contributed by atoms with Crippen LogP contribution < -0.4 is 0 Å². The Morgan fingerprint density at radius 3 is 2.88 bits per heavy atom. The van der Waals surface area contributed by atoms with Crippen LogP contribution in [0.3, 0.4) is 0 Å². The van der Waals surface area contributed by atoms with Crippen molar-refractivity contribution < 1.29 is 14.3 Å². The van der Waals surface area contributed by atoms with Gasteiger partial charge in [-0.1, -0.05) is 13.8 Å². The van der Waals surface area contributed by atoms with E-state index in [1.165, 1.54) is 0 Å². The number of ether oxygens (including phenoxy) is 2. The van der Waals surface area contributed by atoms with Crippen molar-refractivity contribution in [3.63, 3.8) is 0 Å². The smallest absolute Gasteiger partial charge is 0.410 e. The number of hydrogen-bond donors (Lipinski definition) is 0. The van der Waals surface area contributed by atoms with Gasteiger partial charge in [-0.25, -0.2) is 4.79 Å². The molecule has 0 aliphatic carbocycles. The Morgan fingerprint density at radius 1 is 1.44 bits per heavy atom. The van der Waals surface area contributed by atoms with Gasteiger partial charge >= 0.3 is 6.09 Å². The van der Waals surface area contributed by atoms with Crippen LogP contribution in [0.15, 0.2) is 0 Å². The fourth-order valence-electron chi connectivity index (χ4n) is 2.53. The zero-order valence-corrected chi connectivity index (χ0v) is 10.1.